The van der Waals surface area contributed by atoms with Crippen LogP contribution in [0, 0.1) is 0 Å². The van der Waals surface area contributed by atoms with Crippen LogP contribution in [0.15, 0.2) is 64.9 Å². The molecule has 0 saturated heterocycles. The number of fused-ring (bicyclic) bond motifs is 1. The molecule has 4 nitrogen and oxygen atoms in total. The van der Waals surface area contributed by atoms with Crippen LogP contribution in [0.1, 0.15) is 44.4 Å². The molecule has 0 bridgehead atoms. The van der Waals surface area contributed by atoms with Crippen molar-refractivity contribution in [2.24, 2.45) is 0 Å². The lowest BCUT2D eigenvalue weighted by atomic mass is 9.86. The minimum absolute atomic E-state index is 0.133. The summed E-state index contributed by atoms with van der Waals surface area (Å²) in [5, 5.41) is 3.36. The van der Waals surface area contributed by atoms with E-state index in [9.17, 15) is 0 Å². The molecule has 3 aromatic rings. The number of allylic oxidation sites excluding steroid dienone is 2. The van der Waals surface area contributed by atoms with Crippen LogP contribution in [-0.2, 0) is 23.0 Å². The fraction of sp³-hybridized carbons (Fsp3) is 0.320. The fourth-order valence-corrected chi connectivity index (χ4v) is 3.63. The predicted molar refractivity (Wildman–Crippen MR) is 117 cm³/mol. The van der Waals surface area contributed by atoms with Gasteiger partial charge >= 0.3 is 0 Å². The van der Waals surface area contributed by atoms with Gasteiger partial charge in [-0.15, -0.1) is 0 Å². The quantitative estimate of drug-likeness (QED) is 0.549. The Morgan fingerprint density at radius 1 is 1.10 bits per heavy atom. The van der Waals surface area contributed by atoms with E-state index < -0.39 is 0 Å². The Morgan fingerprint density at radius 3 is 2.62 bits per heavy atom. The molecule has 4 heteroatoms. The molecule has 0 spiro atoms. The summed E-state index contributed by atoms with van der Waals surface area (Å²) in [5.74, 6) is 1.79. The van der Waals surface area contributed by atoms with E-state index in [0.29, 0.717) is 12.6 Å². The maximum Gasteiger partial charge on any atom is 0.299 e. The topological polar surface area (TPSA) is 47.3 Å². The molecular weight excluding hydrogens is 360 g/mol. The summed E-state index contributed by atoms with van der Waals surface area (Å²) in [6.07, 6.45) is 5.61. The summed E-state index contributed by atoms with van der Waals surface area (Å²) in [6.45, 7) is 9.35. The highest BCUT2D eigenvalue weighted by Gasteiger charge is 2.17. The molecule has 0 atom stereocenters. The zero-order chi connectivity index (χ0) is 20.4. The Labute approximate surface area is 172 Å². The predicted octanol–water partition coefficient (Wildman–Crippen LogP) is 6.40. The van der Waals surface area contributed by atoms with Crippen molar-refractivity contribution in [3.63, 3.8) is 0 Å². The second-order valence-electron chi connectivity index (χ2n) is 8.41. The highest BCUT2D eigenvalue weighted by molar-refractivity contribution is 5.64. The van der Waals surface area contributed by atoms with Crippen LogP contribution in [0.2, 0.25) is 0 Å². The number of benzene rings is 2. The highest BCUT2D eigenvalue weighted by Crippen LogP contribution is 2.32. The van der Waals surface area contributed by atoms with E-state index in [-0.39, 0.29) is 5.41 Å². The molecular formula is C25H28N2O2. The number of nitrogens with zero attached hydrogens (tertiary/aromatic N) is 1. The summed E-state index contributed by atoms with van der Waals surface area (Å²) in [4.78, 5) is 4.44. The van der Waals surface area contributed by atoms with Crippen LogP contribution in [0.4, 0.5) is 11.7 Å². The number of hydrogen-bond acceptors (Lipinski definition) is 4. The zero-order valence-corrected chi connectivity index (χ0v) is 17.6. The third-order valence-electron chi connectivity index (χ3n) is 5.29. The molecule has 1 aliphatic rings. The number of ether oxygens (including phenoxy) is 1. The maximum absolute atomic E-state index is 6.00. The molecule has 0 aliphatic heterocycles. The first kappa shape index (κ1) is 19.3. The molecule has 1 aromatic heterocycles. The van der Waals surface area contributed by atoms with E-state index in [2.05, 4.69) is 79.6 Å². The maximum atomic E-state index is 6.00. The second kappa shape index (κ2) is 7.78. The Bertz CT molecular complexity index is 1020. The number of aromatic nitrogens is 1. The largest absolute Gasteiger partial charge is 0.498 e. The number of anilines is 2. The number of rotatable bonds is 5. The van der Waals surface area contributed by atoms with Crippen molar-refractivity contribution >= 4 is 11.7 Å². The van der Waals surface area contributed by atoms with Crippen LogP contribution in [0.5, 0.6) is 0 Å². The van der Waals surface area contributed by atoms with Gasteiger partial charge in [-0.3, -0.25) is 0 Å². The van der Waals surface area contributed by atoms with Crippen molar-refractivity contribution in [1.29, 1.82) is 0 Å². The molecule has 29 heavy (non-hydrogen) atoms. The average Bonchev–Trinajstić information content (AvgIpc) is 3.17. The van der Waals surface area contributed by atoms with Gasteiger partial charge in [0, 0.05) is 17.7 Å². The molecule has 1 aliphatic carbocycles. The van der Waals surface area contributed by atoms with Gasteiger partial charge in [0.2, 0.25) is 0 Å². The van der Waals surface area contributed by atoms with Crippen LogP contribution in [0.25, 0.3) is 11.3 Å². The van der Waals surface area contributed by atoms with Crippen molar-refractivity contribution in [3.8, 4) is 11.3 Å². The van der Waals surface area contributed by atoms with Crippen molar-refractivity contribution in [3.05, 3.63) is 77.2 Å². The number of nitrogens with one attached hydrogen (secondary N) is 1. The standard InChI is InChI=1S/C25H28N2O2/c1-5-28-20-14-11-17-7-6-8-22(21(17)15-20)27-24-26-16-23(29-24)18-9-12-19(13-10-18)25(2,3)4/h6-10,12-14,16H,5,11,15H2,1-4H3,(H,26,27). The summed E-state index contributed by atoms with van der Waals surface area (Å²) < 4.78 is 11.7. The van der Waals surface area contributed by atoms with Crippen LogP contribution < -0.4 is 5.32 Å². The lowest BCUT2D eigenvalue weighted by Crippen LogP contribution is -2.10. The van der Waals surface area contributed by atoms with E-state index in [1.54, 1.807) is 6.20 Å². The molecule has 0 radical (unpaired) electrons. The molecule has 0 fully saturated rings. The molecule has 4 rings (SSSR count). The third kappa shape index (κ3) is 4.21. The van der Waals surface area contributed by atoms with Gasteiger partial charge in [-0.1, -0.05) is 57.2 Å². The van der Waals surface area contributed by atoms with Gasteiger partial charge in [-0.25, -0.2) is 4.98 Å². The van der Waals surface area contributed by atoms with E-state index in [0.717, 1.165) is 35.6 Å². The zero-order valence-electron chi connectivity index (χ0n) is 17.6. The molecule has 0 unspecified atom stereocenters. The Kier molecular flexibility index (Phi) is 5.18. The number of hydrogen-bond donors (Lipinski definition) is 1. The molecule has 1 N–H and O–H groups in total. The molecule has 150 valence electrons. The second-order valence-corrected chi connectivity index (χ2v) is 8.41. The van der Waals surface area contributed by atoms with Gasteiger partial charge in [0.05, 0.1) is 18.6 Å². The Balaban J connectivity index is 1.54. The van der Waals surface area contributed by atoms with Crippen molar-refractivity contribution in [2.45, 2.75) is 46.0 Å². The van der Waals surface area contributed by atoms with Gasteiger partial charge in [-0.2, -0.15) is 0 Å². The van der Waals surface area contributed by atoms with Gasteiger partial charge in [0.1, 0.15) is 0 Å². The monoisotopic (exact) mass is 388 g/mol. The third-order valence-corrected chi connectivity index (χ3v) is 5.29. The lowest BCUT2D eigenvalue weighted by Gasteiger charge is -2.20. The average molecular weight is 389 g/mol. The van der Waals surface area contributed by atoms with E-state index in [1.807, 2.05) is 6.92 Å². The van der Waals surface area contributed by atoms with Crippen molar-refractivity contribution in [1.82, 2.24) is 4.98 Å². The van der Waals surface area contributed by atoms with Crippen LogP contribution in [0.3, 0.4) is 0 Å². The van der Waals surface area contributed by atoms with Crippen LogP contribution >= 0.6 is 0 Å². The molecule has 1 heterocycles. The van der Waals surface area contributed by atoms with Gasteiger partial charge in [0.15, 0.2) is 5.76 Å². The van der Waals surface area contributed by atoms with E-state index in [4.69, 9.17) is 9.15 Å². The Morgan fingerprint density at radius 2 is 1.90 bits per heavy atom. The summed E-state index contributed by atoms with van der Waals surface area (Å²) in [6, 6.07) is 15.3. The normalized spacial score (nSPS) is 13.6. The fourth-order valence-electron chi connectivity index (χ4n) is 3.63. The van der Waals surface area contributed by atoms with Gasteiger partial charge in [-0.05, 0) is 47.6 Å². The first-order chi connectivity index (χ1) is 13.9. The highest BCUT2D eigenvalue weighted by atomic mass is 16.5. The van der Waals surface area contributed by atoms with E-state index >= 15 is 0 Å². The van der Waals surface area contributed by atoms with Crippen molar-refractivity contribution < 1.29 is 9.15 Å². The minimum atomic E-state index is 0.133. The van der Waals surface area contributed by atoms with Gasteiger partial charge < -0.3 is 14.5 Å². The SMILES string of the molecule is CCOC1=CCc2cccc(Nc3ncc(-c4ccc(C(C)(C)C)cc4)o3)c2C1. The smallest absolute Gasteiger partial charge is 0.299 e. The number of oxazole rings is 1. The molecule has 0 saturated carbocycles. The first-order valence-electron chi connectivity index (χ1n) is 10.2. The van der Waals surface area contributed by atoms with Crippen molar-refractivity contribution in [2.75, 3.05) is 11.9 Å². The minimum Gasteiger partial charge on any atom is -0.498 e. The summed E-state index contributed by atoms with van der Waals surface area (Å²) >= 11 is 0. The lowest BCUT2D eigenvalue weighted by molar-refractivity contribution is 0.220. The Hall–Kier alpha value is -3.01. The van der Waals surface area contributed by atoms with Gasteiger partial charge in [0.25, 0.3) is 6.01 Å². The molecule has 2 aromatic carbocycles. The van der Waals surface area contributed by atoms with Crippen LogP contribution in [-0.4, -0.2) is 11.6 Å². The summed E-state index contributed by atoms with van der Waals surface area (Å²) in [7, 11) is 0. The summed E-state index contributed by atoms with van der Waals surface area (Å²) in [5.41, 5.74) is 6.02. The van der Waals surface area contributed by atoms with E-state index in [1.165, 1.54) is 16.7 Å². The first-order valence-corrected chi connectivity index (χ1v) is 10.2. The molecule has 0 amide bonds.